The number of halogens is 4. The van der Waals surface area contributed by atoms with Crippen molar-refractivity contribution in [3.8, 4) is 0 Å². The Bertz CT molecular complexity index is 897. The van der Waals surface area contributed by atoms with Gasteiger partial charge < -0.3 is 0 Å². The second-order valence-corrected chi connectivity index (χ2v) is 8.71. The minimum Gasteiger partial charge on any atom is -0.296 e. The molecule has 0 saturated carbocycles. The van der Waals surface area contributed by atoms with Crippen LogP contribution in [0.1, 0.15) is 5.56 Å². The van der Waals surface area contributed by atoms with Crippen molar-refractivity contribution in [1.29, 1.82) is 0 Å². The molecule has 1 saturated heterocycles. The van der Waals surface area contributed by atoms with Gasteiger partial charge in [0, 0.05) is 48.3 Å². The Kier molecular flexibility index (Phi) is 5.84. The normalized spacial score (nSPS) is 16.8. The Hall–Kier alpha value is -1.25. The van der Waals surface area contributed by atoms with Crippen molar-refractivity contribution >= 4 is 33.2 Å². The molecule has 1 aliphatic heterocycles. The van der Waals surface area contributed by atoms with Gasteiger partial charge in [-0.25, -0.2) is 17.2 Å². The SMILES string of the molecule is O=S(=O)(c1ccc(F)c(F)c1)N1CCN(Cc2c(Cl)cccc2Cl)CC1. The molecule has 2 aromatic rings. The van der Waals surface area contributed by atoms with Crippen LogP contribution in [0.2, 0.25) is 10.0 Å². The molecule has 0 aliphatic carbocycles. The maximum absolute atomic E-state index is 13.4. The Balaban J connectivity index is 1.69. The van der Waals surface area contributed by atoms with E-state index in [0.717, 1.165) is 17.7 Å². The summed E-state index contributed by atoms with van der Waals surface area (Å²) in [5, 5.41) is 1.13. The summed E-state index contributed by atoms with van der Waals surface area (Å²) in [6, 6.07) is 7.88. The van der Waals surface area contributed by atoms with Gasteiger partial charge >= 0.3 is 0 Å². The molecule has 140 valence electrons. The van der Waals surface area contributed by atoms with Crippen LogP contribution in [-0.2, 0) is 16.6 Å². The Morgan fingerprint density at radius 2 is 1.54 bits per heavy atom. The van der Waals surface area contributed by atoms with Gasteiger partial charge in [-0.2, -0.15) is 4.31 Å². The molecule has 2 aromatic carbocycles. The van der Waals surface area contributed by atoms with Gasteiger partial charge in [0.25, 0.3) is 0 Å². The highest BCUT2D eigenvalue weighted by Gasteiger charge is 2.29. The molecule has 26 heavy (non-hydrogen) atoms. The van der Waals surface area contributed by atoms with Crippen LogP contribution in [0.5, 0.6) is 0 Å². The van der Waals surface area contributed by atoms with Crippen molar-refractivity contribution in [2.24, 2.45) is 0 Å². The van der Waals surface area contributed by atoms with Gasteiger partial charge in [-0.15, -0.1) is 0 Å². The molecule has 1 fully saturated rings. The molecular weight excluding hydrogens is 405 g/mol. The highest BCUT2D eigenvalue weighted by Crippen LogP contribution is 2.27. The third-order valence-corrected chi connectivity index (χ3v) is 6.91. The fraction of sp³-hybridized carbons (Fsp3) is 0.294. The molecule has 0 bridgehead atoms. The van der Waals surface area contributed by atoms with E-state index in [0.29, 0.717) is 35.7 Å². The van der Waals surface area contributed by atoms with E-state index >= 15 is 0 Å². The fourth-order valence-electron chi connectivity index (χ4n) is 2.82. The molecule has 0 aromatic heterocycles. The number of benzene rings is 2. The highest BCUT2D eigenvalue weighted by molar-refractivity contribution is 7.89. The van der Waals surface area contributed by atoms with Gasteiger partial charge in [-0.3, -0.25) is 4.90 Å². The van der Waals surface area contributed by atoms with E-state index in [-0.39, 0.29) is 18.0 Å². The van der Waals surface area contributed by atoms with Crippen molar-refractivity contribution < 1.29 is 17.2 Å². The predicted octanol–water partition coefficient (Wildman–Crippen LogP) is 3.78. The van der Waals surface area contributed by atoms with E-state index < -0.39 is 21.7 Å². The second-order valence-electron chi connectivity index (χ2n) is 5.96. The van der Waals surface area contributed by atoms with Crippen LogP contribution in [-0.4, -0.2) is 43.8 Å². The number of piperazine rings is 1. The average molecular weight is 421 g/mol. The van der Waals surface area contributed by atoms with Crippen molar-refractivity contribution in [2.45, 2.75) is 11.4 Å². The molecule has 1 heterocycles. The molecule has 4 nitrogen and oxygen atoms in total. The van der Waals surface area contributed by atoms with E-state index in [9.17, 15) is 17.2 Å². The first-order valence-corrected chi connectivity index (χ1v) is 10.1. The zero-order valence-electron chi connectivity index (χ0n) is 13.6. The Labute approximate surface area is 161 Å². The molecule has 0 N–H and O–H groups in total. The van der Waals surface area contributed by atoms with Crippen LogP contribution >= 0.6 is 23.2 Å². The van der Waals surface area contributed by atoms with E-state index in [1.54, 1.807) is 18.2 Å². The smallest absolute Gasteiger partial charge is 0.243 e. The first-order chi connectivity index (χ1) is 12.3. The minimum absolute atomic E-state index is 0.239. The van der Waals surface area contributed by atoms with Crippen LogP contribution < -0.4 is 0 Å². The summed E-state index contributed by atoms with van der Waals surface area (Å²) in [5.41, 5.74) is 0.799. The Morgan fingerprint density at radius 1 is 0.923 bits per heavy atom. The molecular formula is C17H16Cl2F2N2O2S. The first-order valence-electron chi connectivity index (χ1n) is 7.89. The fourth-order valence-corrected chi connectivity index (χ4v) is 4.77. The molecule has 0 unspecified atom stereocenters. The second kappa shape index (κ2) is 7.78. The monoisotopic (exact) mass is 420 g/mol. The summed E-state index contributed by atoms with van der Waals surface area (Å²) in [7, 11) is -3.87. The van der Waals surface area contributed by atoms with Crippen LogP contribution in [0.4, 0.5) is 8.78 Å². The summed E-state index contributed by atoms with van der Waals surface area (Å²) in [6.45, 7) is 1.94. The van der Waals surface area contributed by atoms with E-state index in [2.05, 4.69) is 0 Å². The standard InChI is InChI=1S/C17H16Cl2F2N2O2S/c18-14-2-1-3-15(19)13(14)11-22-6-8-23(9-7-22)26(24,25)12-4-5-16(20)17(21)10-12/h1-5,10H,6-9,11H2. The molecule has 0 atom stereocenters. The van der Waals surface area contributed by atoms with Gasteiger partial charge in [0.05, 0.1) is 4.90 Å². The molecule has 1 aliphatic rings. The zero-order chi connectivity index (χ0) is 18.9. The lowest BCUT2D eigenvalue weighted by atomic mass is 10.2. The van der Waals surface area contributed by atoms with E-state index in [4.69, 9.17) is 23.2 Å². The lowest BCUT2D eigenvalue weighted by Gasteiger charge is -2.34. The summed E-state index contributed by atoms with van der Waals surface area (Å²) in [6.07, 6.45) is 0. The zero-order valence-corrected chi connectivity index (χ0v) is 16.0. The van der Waals surface area contributed by atoms with Crippen LogP contribution in [0.3, 0.4) is 0 Å². The molecule has 0 spiro atoms. The van der Waals surface area contributed by atoms with Crippen LogP contribution in [0, 0.1) is 11.6 Å². The summed E-state index contributed by atoms with van der Waals surface area (Å²) in [5.74, 6) is -2.26. The van der Waals surface area contributed by atoms with Crippen molar-refractivity contribution in [1.82, 2.24) is 9.21 Å². The van der Waals surface area contributed by atoms with Crippen LogP contribution in [0.25, 0.3) is 0 Å². The number of nitrogens with zero attached hydrogens (tertiary/aromatic N) is 2. The molecule has 0 radical (unpaired) electrons. The lowest BCUT2D eigenvalue weighted by Crippen LogP contribution is -2.48. The molecule has 0 amide bonds. The quantitative estimate of drug-likeness (QED) is 0.755. The van der Waals surface area contributed by atoms with E-state index in [1.165, 1.54) is 4.31 Å². The number of hydrogen-bond acceptors (Lipinski definition) is 3. The van der Waals surface area contributed by atoms with Gasteiger partial charge in [-0.05, 0) is 30.3 Å². The van der Waals surface area contributed by atoms with Gasteiger partial charge in [-0.1, -0.05) is 29.3 Å². The summed E-state index contributed by atoms with van der Waals surface area (Å²) in [4.78, 5) is 1.80. The largest absolute Gasteiger partial charge is 0.296 e. The first kappa shape index (κ1) is 19.5. The van der Waals surface area contributed by atoms with Crippen LogP contribution in [0.15, 0.2) is 41.3 Å². The predicted molar refractivity (Wildman–Crippen MR) is 96.9 cm³/mol. The third kappa shape index (κ3) is 4.02. The maximum atomic E-state index is 13.4. The third-order valence-electron chi connectivity index (χ3n) is 4.30. The Morgan fingerprint density at radius 3 is 2.12 bits per heavy atom. The topological polar surface area (TPSA) is 40.6 Å². The lowest BCUT2D eigenvalue weighted by molar-refractivity contribution is 0.181. The highest BCUT2D eigenvalue weighted by atomic mass is 35.5. The molecule has 3 rings (SSSR count). The summed E-state index contributed by atoms with van der Waals surface area (Å²) < 4.78 is 52.9. The molecule has 9 heteroatoms. The van der Waals surface area contributed by atoms with Gasteiger partial charge in [0.1, 0.15) is 0 Å². The summed E-state index contributed by atoms with van der Waals surface area (Å²) >= 11 is 12.3. The van der Waals surface area contributed by atoms with Crippen molar-refractivity contribution in [3.05, 3.63) is 63.6 Å². The minimum atomic E-state index is -3.87. The number of hydrogen-bond donors (Lipinski definition) is 0. The van der Waals surface area contributed by atoms with Crippen molar-refractivity contribution in [2.75, 3.05) is 26.2 Å². The van der Waals surface area contributed by atoms with Gasteiger partial charge in [0.15, 0.2) is 11.6 Å². The number of rotatable bonds is 4. The van der Waals surface area contributed by atoms with Gasteiger partial charge in [0.2, 0.25) is 10.0 Å². The van der Waals surface area contributed by atoms with E-state index in [1.807, 2.05) is 4.90 Å². The average Bonchev–Trinajstić information content (AvgIpc) is 2.61. The maximum Gasteiger partial charge on any atom is 0.243 e. The van der Waals surface area contributed by atoms with Crippen molar-refractivity contribution in [3.63, 3.8) is 0 Å². The number of sulfonamides is 1.